The van der Waals surface area contributed by atoms with Crippen LogP contribution in [-0.2, 0) is 4.79 Å². The molecule has 0 aromatic heterocycles. The van der Waals surface area contributed by atoms with Crippen molar-refractivity contribution in [1.82, 2.24) is 5.43 Å². The average Bonchev–Trinajstić information content (AvgIpc) is 3.35. The van der Waals surface area contributed by atoms with Crippen LogP contribution < -0.4 is 5.43 Å². The number of hydrogen-bond acceptors (Lipinski definition) is 2. The van der Waals surface area contributed by atoms with Crippen molar-refractivity contribution in [2.75, 3.05) is 0 Å². The van der Waals surface area contributed by atoms with Crippen molar-refractivity contribution in [1.29, 1.82) is 0 Å². The third-order valence-corrected chi connectivity index (χ3v) is 3.88. The van der Waals surface area contributed by atoms with Gasteiger partial charge in [0.05, 0.1) is 5.71 Å². The van der Waals surface area contributed by atoms with Gasteiger partial charge in [0.1, 0.15) is 0 Å². The Bertz CT molecular complexity index is 649. The first-order valence-corrected chi connectivity index (χ1v) is 7.20. The molecule has 0 spiro atoms. The summed E-state index contributed by atoms with van der Waals surface area (Å²) in [6.07, 6.45) is 0.912. The van der Waals surface area contributed by atoms with Crippen LogP contribution in [0.1, 0.15) is 30.4 Å². The van der Waals surface area contributed by atoms with Crippen LogP contribution in [0.5, 0.6) is 0 Å². The predicted octanol–water partition coefficient (Wildman–Crippen LogP) is 3.33. The number of hydrazone groups is 1. The first-order chi connectivity index (χ1) is 10.3. The van der Waals surface area contributed by atoms with Crippen LogP contribution in [0.3, 0.4) is 0 Å². The molecule has 3 nitrogen and oxygen atoms in total. The molecule has 1 amide bonds. The molecule has 2 atom stereocenters. The second kappa shape index (κ2) is 5.92. The van der Waals surface area contributed by atoms with Crippen LogP contribution >= 0.6 is 0 Å². The number of nitrogens with one attached hydrogen (secondary N) is 1. The van der Waals surface area contributed by atoms with E-state index in [4.69, 9.17) is 0 Å². The Hall–Kier alpha value is -2.42. The summed E-state index contributed by atoms with van der Waals surface area (Å²) in [5, 5.41) is 4.20. The van der Waals surface area contributed by atoms with Gasteiger partial charge in [-0.3, -0.25) is 4.79 Å². The van der Waals surface area contributed by atoms with E-state index in [0.29, 0.717) is 5.92 Å². The number of carbonyl (C=O) groups excluding carboxylic acids is 1. The second-order valence-electron chi connectivity index (χ2n) is 5.40. The molecule has 1 N–H and O–H groups in total. The summed E-state index contributed by atoms with van der Waals surface area (Å²) in [7, 11) is 0. The van der Waals surface area contributed by atoms with Crippen LogP contribution in [0, 0.1) is 5.92 Å². The molecule has 0 aliphatic heterocycles. The zero-order chi connectivity index (χ0) is 14.7. The van der Waals surface area contributed by atoms with Gasteiger partial charge in [0.15, 0.2) is 0 Å². The molecule has 2 unspecified atom stereocenters. The van der Waals surface area contributed by atoms with Crippen LogP contribution in [0.4, 0.5) is 0 Å². The molecule has 0 heterocycles. The van der Waals surface area contributed by atoms with E-state index in [-0.39, 0.29) is 11.8 Å². The van der Waals surface area contributed by atoms with Gasteiger partial charge in [-0.25, -0.2) is 5.43 Å². The minimum Gasteiger partial charge on any atom is -0.273 e. The first kappa shape index (κ1) is 13.6. The van der Waals surface area contributed by atoms with Crippen molar-refractivity contribution in [3.63, 3.8) is 0 Å². The van der Waals surface area contributed by atoms with Crippen molar-refractivity contribution >= 4 is 11.6 Å². The number of hydrogen-bond donors (Lipinski definition) is 1. The van der Waals surface area contributed by atoms with Gasteiger partial charge >= 0.3 is 0 Å². The Morgan fingerprint density at radius 2 is 1.67 bits per heavy atom. The first-order valence-electron chi connectivity index (χ1n) is 7.20. The quantitative estimate of drug-likeness (QED) is 0.676. The maximum absolute atomic E-state index is 12.1. The lowest BCUT2D eigenvalue weighted by molar-refractivity contribution is -0.122. The summed E-state index contributed by atoms with van der Waals surface area (Å²) in [5.74, 6) is 0.414. The van der Waals surface area contributed by atoms with E-state index in [0.717, 1.165) is 17.7 Å². The van der Waals surface area contributed by atoms with E-state index >= 15 is 0 Å². The normalized spacial score (nSPS) is 20.9. The minimum absolute atomic E-state index is 0.0131. The van der Waals surface area contributed by atoms with Gasteiger partial charge in [0.2, 0.25) is 5.91 Å². The van der Waals surface area contributed by atoms with Crippen LogP contribution in [0.15, 0.2) is 65.8 Å². The Balaban J connectivity index is 1.59. The fraction of sp³-hybridized carbons (Fsp3) is 0.222. The highest BCUT2D eigenvalue weighted by atomic mass is 16.2. The molecule has 1 aliphatic carbocycles. The Morgan fingerprint density at radius 1 is 1.05 bits per heavy atom. The van der Waals surface area contributed by atoms with Crippen molar-refractivity contribution in [2.24, 2.45) is 11.0 Å². The summed E-state index contributed by atoms with van der Waals surface area (Å²) in [6.45, 7) is 1.90. The smallest absolute Gasteiger partial charge is 0.243 e. The van der Waals surface area contributed by atoms with Crippen LogP contribution in [0.25, 0.3) is 0 Å². The SMILES string of the molecule is C/C(=N/NC(=O)C1CC1c1ccccc1)c1ccccc1. The molecule has 106 valence electrons. The third-order valence-electron chi connectivity index (χ3n) is 3.88. The van der Waals surface area contributed by atoms with Gasteiger partial charge in [-0.15, -0.1) is 0 Å². The molecule has 2 aromatic carbocycles. The Morgan fingerprint density at radius 3 is 2.33 bits per heavy atom. The molecule has 3 rings (SSSR count). The molecule has 2 aromatic rings. The zero-order valence-corrected chi connectivity index (χ0v) is 12.0. The molecule has 3 heteroatoms. The summed E-state index contributed by atoms with van der Waals surface area (Å²) in [6, 6.07) is 20.0. The number of nitrogens with zero attached hydrogens (tertiary/aromatic N) is 1. The van der Waals surface area contributed by atoms with Crippen molar-refractivity contribution < 1.29 is 4.79 Å². The van der Waals surface area contributed by atoms with Crippen molar-refractivity contribution in [2.45, 2.75) is 19.3 Å². The molecule has 1 saturated carbocycles. The molecule has 1 aliphatic rings. The third kappa shape index (κ3) is 3.19. The summed E-state index contributed by atoms with van der Waals surface area (Å²) in [4.78, 5) is 12.1. The van der Waals surface area contributed by atoms with Gasteiger partial charge in [-0.2, -0.15) is 5.10 Å². The molecule has 21 heavy (non-hydrogen) atoms. The lowest BCUT2D eigenvalue weighted by Gasteiger charge is -2.03. The van der Waals surface area contributed by atoms with Crippen LogP contribution in [-0.4, -0.2) is 11.6 Å². The van der Waals surface area contributed by atoms with E-state index in [2.05, 4.69) is 22.7 Å². The Kier molecular flexibility index (Phi) is 3.82. The zero-order valence-electron chi connectivity index (χ0n) is 12.0. The van der Waals surface area contributed by atoms with E-state index in [1.54, 1.807) is 0 Å². The lowest BCUT2D eigenvalue weighted by atomic mass is 10.1. The minimum atomic E-state index is 0.0131. The molecule has 0 radical (unpaired) electrons. The number of amides is 1. The molecular formula is C18H18N2O. The fourth-order valence-corrected chi connectivity index (χ4v) is 2.52. The molecule has 0 bridgehead atoms. The van der Waals surface area contributed by atoms with Gasteiger partial charge in [-0.1, -0.05) is 60.7 Å². The topological polar surface area (TPSA) is 41.5 Å². The highest BCUT2D eigenvalue weighted by Gasteiger charge is 2.43. The molecular weight excluding hydrogens is 260 g/mol. The standard InChI is InChI=1S/C18H18N2O/c1-13(14-8-4-2-5-9-14)19-20-18(21)17-12-16(17)15-10-6-3-7-11-15/h2-11,16-17H,12H2,1H3,(H,20,21)/b19-13-. The van der Waals surface area contributed by atoms with Gasteiger partial charge in [0.25, 0.3) is 0 Å². The fourth-order valence-electron chi connectivity index (χ4n) is 2.52. The van der Waals surface area contributed by atoms with E-state index < -0.39 is 0 Å². The number of benzene rings is 2. The number of carbonyl (C=O) groups is 1. The van der Waals surface area contributed by atoms with E-state index in [9.17, 15) is 4.79 Å². The van der Waals surface area contributed by atoms with E-state index in [1.807, 2.05) is 55.5 Å². The second-order valence-corrected chi connectivity index (χ2v) is 5.40. The average molecular weight is 278 g/mol. The molecule has 1 fully saturated rings. The Labute approximate surface area is 124 Å². The highest BCUT2D eigenvalue weighted by Crippen LogP contribution is 2.47. The monoisotopic (exact) mass is 278 g/mol. The van der Waals surface area contributed by atoms with Crippen molar-refractivity contribution in [3.05, 3.63) is 71.8 Å². The maximum atomic E-state index is 12.1. The highest BCUT2D eigenvalue weighted by molar-refractivity contribution is 5.99. The van der Waals surface area contributed by atoms with Crippen molar-refractivity contribution in [3.8, 4) is 0 Å². The lowest BCUT2D eigenvalue weighted by Crippen LogP contribution is -2.21. The van der Waals surface area contributed by atoms with Gasteiger partial charge in [0, 0.05) is 5.92 Å². The summed E-state index contributed by atoms with van der Waals surface area (Å²) < 4.78 is 0. The summed E-state index contributed by atoms with van der Waals surface area (Å²) in [5.41, 5.74) is 5.77. The van der Waals surface area contributed by atoms with Gasteiger partial charge < -0.3 is 0 Å². The largest absolute Gasteiger partial charge is 0.273 e. The predicted molar refractivity (Wildman–Crippen MR) is 84.1 cm³/mol. The maximum Gasteiger partial charge on any atom is 0.243 e. The van der Waals surface area contributed by atoms with E-state index in [1.165, 1.54) is 5.56 Å². The molecule has 0 saturated heterocycles. The summed E-state index contributed by atoms with van der Waals surface area (Å²) >= 11 is 0. The van der Waals surface area contributed by atoms with Crippen LogP contribution in [0.2, 0.25) is 0 Å². The van der Waals surface area contributed by atoms with Gasteiger partial charge in [-0.05, 0) is 30.4 Å². The number of rotatable bonds is 4.